The number of carbonyl (C=O) groups excluding carboxylic acids is 1. The highest BCUT2D eigenvalue weighted by Gasteiger charge is 2.41. The lowest BCUT2D eigenvalue weighted by Crippen LogP contribution is -2.47. The number of rotatable bonds is 2. The number of nitrogens with zero attached hydrogens (tertiary/aromatic N) is 1. The quantitative estimate of drug-likeness (QED) is 0.872. The smallest absolute Gasteiger partial charge is 0.254 e. The molecule has 0 radical (unpaired) electrons. The van der Waals surface area contributed by atoms with E-state index >= 15 is 0 Å². The number of aromatic hydroxyl groups is 1. The second kappa shape index (κ2) is 6.59. The Morgan fingerprint density at radius 3 is 2.85 bits per heavy atom. The summed E-state index contributed by atoms with van der Waals surface area (Å²) in [5, 5.41) is 10.5. The summed E-state index contributed by atoms with van der Waals surface area (Å²) < 4.78 is 11.5. The Hall–Kier alpha value is -2.05. The van der Waals surface area contributed by atoms with Crippen LogP contribution in [0.25, 0.3) is 10.4 Å². The lowest BCUT2D eigenvalue weighted by atomic mass is 10.00. The molecule has 138 valence electrons. The standard InChI is InChI=1S/C20H23NO4S/c1-13-4-5-17(26-13)14-10-15-12-21(7-9-24-18(15)16(22)11-14)19(23)20(2)6-3-8-25-20/h4-5,10-11,22H,3,6-9,12H2,1-2H3/t20-/m1/s1. The van der Waals surface area contributed by atoms with Gasteiger partial charge in [-0.3, -0.25) is 4.79 Å². The summed E-state index contributed by atoms with van der Waals surface area (Å²) in [7, 11) is 0. The Balaban J connectivity index is 1.66. The highest BCUT2D eigenvalue weighted by molar-refractivity contribution is 7.15. The van der Waals surface area contributed by atoms with Crippen molar-refractivity contribution in [1.29, 1.82) is 0 Å². The maximum Gasteiger partial charge on any atom is 0.254 e. The van der Waals surface area contributed by atoms with Crippen molar-refractivity contribution in [1.82, 2.24) is 4.90 Å². The van der Waals surface area contributed by atoms with Crippen LogP contribution in [0.15, 0.2) is 24.3 Å². The Morgan fingerprint density at radius 2 is 2.15 bits per heavy atom. The molecule has 26 heavy (non-hydrogen) atoms. The molecule has 1 aromatic heterocycles. The summed E-state index contributed by atoms with van der Waals surface area (Å²) in [4.78, 5) is 17.1. The number of amides is 1. The molecule has 0 unspecified atom stereocenters. The van der Waals surface area contributed by atoms with Crippen molar-refractivity contribution in [3.63, 3.8) is 0 Å². The van der Waals surface area contributed by atoms with Crippen LogP contribution in [-0.4, -0.2) is 41.3 Å². The van der Waals surface area contributed by atoms with Gasteiger partial charge in [-0.05, 0) is 56.5 Å². The number of carbonyl (C=O) groups is 1. The molecule has 4 rings (SSSR count). The third-order valence-corrected chi connectivity index (χ3v) is 6.15. The normalized spacial score (nSPS) is 22.6. The zero-order valence-electron chi connectivity index (χ0n) is 15.1. The lowest BCUT2D eigenvalue weighted by molar-refractivity contribution is -0.151. The van der Waals surface area contributed by atoms with Gasteiger partial charge in [-0.2, -0.15) is 0 Å². The second-order valence-electron chi connectivity index (χ2n) is 7.15. The average molecular weight is 373 g/mol. The topological polar surface area (TPSA) is 59.0 Å². The molecule has 1 amide bonds. The number of phenolic OH excluding ortho intramolecular Hbond substituents is 1. The van der Waals surface area contributed by atoms with Gasteiger partial charge < -0.3 is 19.5 Å². The van der Waals surface area contributed by atoms with E-state index < -0.39 is 5.60 Å². The van der Waals surface area contributed by atoms with Gasteiger partial charge in [0.25, 0.3) is 5.91 Å². The monoisotopic (exact) mass is 373 g/mol. The molecular weight excluding hydrogens is 350 g/mol. The van der Waals surface area contributed by atoms with E-state index in [1.807, 2.05) is 13.0 Å². The van der Waals surface area contributed by atoms with E-state index in [4.69, 9.17) is 9.47 Å². The molecule has 2 aliphatic rings. The first-order chi connectivity index (χ1) is 12.5. The predicted molar refractivity (Wildman–Crippen MR) is 101 cm³/mol. The molecule has 2 aliphatic heterocycles. The van der Waals surface area contributed by atoms with Crippen LogP contribution in [0.4, 0.5) is 0 Å². The number of thiophene rings is 1. The minimum absolute atomic E-state index is 0.00307. The third-order valence-electron chi connectivity index (χ3n) is 5.10. The first-order valence-electron chi connectivity index (χ1n) is 8.95. The minimum atomic E-state index is -0.741. The van der Waals surface area contributed by atoms with E-state index in [0.29, 0.717) is 32.1 Å². The van der Waals surface area contributed by atoms with Crippen LogP contribution in [0.5, 0.6) is 11.5 Å². The zero-order chi connectivity index (χ0) is 18.3. The zero-order valence-corrected chi connectivity index (χ0v) is 15.9. The van der Waals surface area contributed by atoms with E-state index in [0.717, 1.165) is 28.8 Å². The van der Waals surface area contributed by atoms with Crippen molar-refractivity contribution in [2.75, 3.05) is 19.8 Å². The van der Waals surface area contributed by atoms with Crippen LogP contribution in [0, 0.1) is 6.92 Å². The maximum atomic E-state index is 13.0. The van der Waals surface area contributed by atoms with Gasteiger partial charge in [0.15, 0.2) is 11.5 Å². The van der Waals surface area contributed by atoms with Crippen molar-refractivity contribution in [2.45, 2.75) is 38.8 Å². The second-order valence-corrected chi connectivity index (χ2v) is 8.44. The Labute approximate surface area is 157 Å². The van der Waals surface area contributed by atoms with Crippen LogP contribution in [0.1, 0.15) is 30.2 Å². The van der Waals surface area contributed by atoms with Crippen LogP contribution in [0.2, 0.25) is 0 Å². The van der Waals surface area contributed by atoms with Gasteiger partial charge in [0, 0.05) is 28.5 Å². The third kappa shape index (κ3) is 3.08. The number of hydrogen-bond donors (Lipinski definition) is 1. The molecule has 1 aromatic carbocycles. The molecule has 1 N–H and O–H groups in total. The van der Waals surface area contributed by atoms with Crippen molar-refractivity contribution in [3.05, 3.63) is 34.7 Å². The summed E-state index contributed by atoms with van der Waals surface area (Å²) in [6.07, 6.45) is 1.65. The lowest BCUT2D eigenvalue weighted by Gasteiger charge is -2.30. The number of hydrogen-bond acceptors (Lipinski definition) is 5. The van der Waals surface area contributed by atoms with Crippen LogP contribution in [-0.2, 0) is 16.1 Å². The van der Waals surface area contributed by atoms with Crippen LogP contribution < -0.4 is 4.74 Å². The molecule has 1 atom stereocenters. The van der Waals surface area contributed by atoms with Gasteiger partial charge in [-0.1, -0.05) is 0 Å². The summed E-state index contributed by atoms with van der Waals surface area (Å²) in [6, 6.07) is 7.87. The van der Waals surface area contributed by atoms with Crippen molar-refractivity contribution < 1.29 is 19.4 Å². The van der Waals surface area contributed by atoms with Crippen LogP contribution >= 0.6 is 11.3 Å². The van der Waals surface area contributed by atoms with Crippen molar-refractivity contribution >= 4 is 17.2 Å². The first kappa shape index (κ1) is 17.4. The highest BCUT2D eigenvalue weighted by Crippen LogP contribution is 2.40. The van der Waals surface area contributed by atoms with Gasteiger partial charge in [0.1, 0.15) is 12.2 Å². The predicted octanol–water partition coefficient (Wildman–Crippen LogP) is 3.72. The number of aryl methyl sites for hydroxylation is 1. The number of phenols is 1. The molecule has 0 spiro atoms. The minimum Gasteiger partial charge on any atom is -0.504 e. The fraction of sp³-hybridized carbons (Fsp3) is 0.450. The van der Waals surface area contributed by atoms with Gasteiger partial charge in [-0.25, -0.2) is 0 Å². The van der Waals surface area contributed by atoms with E-state index in [1.165, 1.54) is 4.88 Å². The molecule has 3 heterocycles. The summed E-state index contributed by atoms with van der Waals surface area (Å²) >= 11 is 1.68. The Bertz CT molecular complexity index is 838. The van der Waals surface area contributed by atoms with E-state index in [1.54, 1.807) is 22.3 Å². The van der Waals surface area contributed by atoms with Gasteiger partial charge in [0.2, 0.25) is 0 Å². The number of ether oxygens (including phenoxy) is 2. The Morgan fingerprint density at radius 1 is 1.31 bits per heavy atom. The van der Waals surface area contributed by atoms with E-state index in [-0.39, 0.29) is 11.7 Å². The number of fused-ring (bicyclic) bond motifs is 1. The fourth-order valence-corrected chi connectivity index (χ4v) is 4.54. The summed E-state index contributed by atoms with van der Waals surface area (Å²) in [5.41, 5.74) is 1.04. The largest absolute Gasteiger partial charge is 0.504 e. The molecular formula is C20H23NO4S. The molecule has 1 saturated heterocycles. The summed E-state index contributed by atoms with van der Waals surface area (Å²) in [5.74, 6) is 0.610. The average Bonchev–Trinajstić information content (AvgIpc) is 3.18. The van der Waals surface area contributed by atoms with Gasteiger partial charge >= 0.3 is 0 Å². The molecule has 6 heteroatoms. The number of benzene rings is 1. The SMILES string of the molecule is Cc1ccc(-c2cc(O)c3c(c2)CN(C(=O)[C@@]2(C)CCCO2)CCO3)s1. The van der Waals surface area contributed by atoms with E-state index in [9.17, 15) is 9.90 Å². The molecule has 2 aromatic rings. The van der Waals surface area contributed by atoms with Crippen molar-refractivity contribution in [3.8, 4) is 21.9 Å². The first-order valence-corrected chi connectivity index (χ1v) is 9.77. The van der Waals surface area contributed by atoms with Crippen LogP contribution in [0.3, 0.4) is 0 Å². The van der Waals surface area contributed by atoms with Gasteiger partial charge in [0.05, 0.1) is 6.54 Å². The molecule has 1 fully saturated rings. The maximum absolute atomic E-state index is 13.0. The van der Waals surface area contributed by atoms with Crippen molar-refractivity contribution in [2.24, 2.45) is 0 Å². The summed E-state index contributed by atoms with van der Waals surface area (Å²) in [6.45, 7) is 5.82. The molecule has 0 saturated carbocycles. The molecule has 0 bridgehead atoms. The molecule has 0 aliphatic carbocycles. The van der Waals surface area contributed by atoms with E-state index in [2.05, 4.69) is 19.1 Å². The Kier molecular flexibility index (Phi) is 4.40. The molecule has 5 nitrogen and oxygen atoms in total. The highest BCUT2D eigenvalue weighted by atomic mass is 32.1. The van der Waals surface area contributed by atoms with Gasteiger partial charge in [-0.15, -0.1) is 11.3 Å². The fourth-order valence-electron chi connectivity index (χ4n) is 3.69.